The van der Waals surface area contributed by atoms with Crippen LogP contribution in [0.3, 0.4) is 0 Å². The molecule has 1 aromatic rings. The van der Waals surface area contributed by atoms with Gasteiger partial charge in [0.15, 0.2) is 0 Å². The summed E-state index contributed by atoms with van der Waals surface area (Å²) in [5.41, 5.74) is 1.16. The highest BCUT2D eigenvalue weighted by molar-refractivity contribution is 7.89. The first-order chi connectivity index (χ1) is 12.9. The van der Waals surface area contributed by atoms with Gasteiger partial charge < -0.3 is 9.64 Å². The average molecular weight is 395 g/mol. The van der Waals surface area contributed by atoms with Crippen LogP contribution in [0.5, 0.6) is 0 Å². The average Bonchev–Trinajstić information content (AvgIpc) is 2.73. The molecule has 2 aliphatic heterocycles. The van der Waals surface area contributed by atoms with Gasteiger partial charge in [0.1, 0.15) is 0 Å². The van der Waals surface area contributed by atoms with Crippen molar-refractivity contribution >= 4 is 15.9 Å². The van der Waals surface area contributed by atoms with Crippen molar-refractivity contribution in [1.82, 2.24) is 9.21 Å². The first-order valence-corrected chi connectivity index (χ1v) is 11.3. The minimum atomic E-state index is -3.50. The van der Waals surface area contributed by atoms with Crippen LogP contribution in [-0.2, 0) is 19.6 Å². The molecule has 27 heavy (non-hydrogen) atoms. The summed E-state index contributed by atoms with van der Waals surface area (Å²) in [7, 11) is -3.50. The van der Waals surface area contributed by atoms with E-state index in [9.17, 15) is 13.2 Å². The van der Waals surface area contributed by atoms with Crippen molar-refractivity contribution in [3.8, 4) is 0 Å². The number of piperidine rings is 1. The zero-order valence-corrected chi connectivity index (χ0v) is 17.1. The molecule has 1 amide bonds. The number of carbonyl (C=O) groups excluding carboxylic acids is 1. The van der Waals surface area contributed by atoms with Crippen molar-refractivity contribution in [3.63, 3.8) is 0 Å². The Morgan fingerprint density at radius 3 is 2.26 bits per heavy atom. The number of benzene rings is 1. The summed E-state index contributed by atoms with van der Waals surface area (Å²) in [6.45, 7) is 7.51. The molecule has 0 bridgehead atoms. The molecule has 2 aliphatic rings. The third-order valence-corrected chi connectivity index (χ3v) is 7.74. The molecule has 3 rings (SSSR count). The van der Waals surface area contributed by atoms with Crippen LogP contribution in [0.1, 0.15) is 44.6 Å². The number of carbonyl (C=O) groups is 1. The van der Waals surface area contributed by atoms with Gasteiger partial charge in [-0.2, -0.15) is 4.31 Å². The molecule has 1 aromatic carbocycles. The van der Waals surface area contributed by atoms with E-state index in [2.05, 4.69) is 13.8 Å². The Bertz CT molecular complexity index is 734. The van der Waals surface area contributed by atoms with Crippen LogP contribution >= 0.6 is 0 Å². The molecular formula is C20H30N2O4S. The predicted molar refractivity (Wildman–Crippen MR) is 104 cm³/mol. The zero-order chi connectivity index (χ0) is 19.4. The first kappa shape index (κ1) is 20.3. The van der Waals surface area contributed by atoms with E-state index in [1.54, 1.807) is 12.1 Å². The lowest BCUT2D eigenvalue weighted by molar-refractivity contribution is -0.140. The summed E-state index contributed by atoms with van der Waals surface area (Å²) in [6, 6.07) is 7.25. The number of morpholine rings is 1. The highest BCUT2D eigenvalue weighted by atomic mass is 32.2. The molecule has 150 valence electrons. The highest BCUT2D eigenvalue weighted by Gasteiger charge is 2.34. The van der Waals surface area contributed by atoms with Gasteiger partial charge in [-0.3, -0.25) is 4.79 Å². The topological polar surface area (TPSA) is 66.9 Å². The Morgan fingerprint density at radius 1 is 1.11 bits per heavy atom. The Morgan fingerprint density at radius 2 is 1.70 bits per heavy atom. The third kappa shape index (κ3) is 4.52. The van der Waals surface area contributed by atoms with E-state index in [-0.39, 0.29) is 11.8 Å². The van der Waals surface area contributed by atoms with E-state index >= 15 is 0 Å². The molecule has 0 spiro atoms. The largest absolute Gasteiger partial charge is 0.378 e. The van der Waals surface area contributed by atoms with Crippen LogP contribution in [0, 0.1) is 5.92 Å². The molecule has 7 heteroatoms. The smallest absolute Gasteiger partial charge is 0.243 e. The third-order valence-electron chi connectivity index (χ3n) is 5.83. The van der Waals surface area contributed by atoms with Crippen molar-refractivity contribution in [3.05, 3.63) is 29.8 Å². The fourth-order valence-electron chi connectivity index (χ4n) is 3.74. The van der Waals surface area contributed by atoms with Gasteiger partial charge in [-0.15, -0.1) is 0 Å². The monoisotopic (exact) mass is 394 g/mol. The minimum Gasteiger partial charge on any atom is -0.378 e. The second kappa shape index (κ2) is 8.71. The SMILES string of the molecule is CCC(C)c1ccc(S(=O)(=O)N2CCC(C(=O)N3CCOCC3)CC2)cc1. The molecule has 1 atom stereocenters. The maximum Gasteiger partial charge on any atom is 0.243 e. The number of amides is 1. The second-order valence-electron chi connectivity index (χ2n) is 7.49. The molecule has 2 saturated heterocycles. The quantitative estimate of drug-likeness (QED) is 0.769. The number of sulfonamides is 1. The maximum absolute atomic E-state index is 12.9. The molecule has 0 aliphatic carbocycles. The van der Waals surface area contributed by atoms with Gasteiger partial charge in [-0.05, 0) is 42.9 Å². The number of hydrogen-bond acceptors (Lipinski definition) is 4. The lowest BCUT2D eigenvalue weighted by Crippen LogP contribution is -2.47. The van der Waals surface area contributed by atoms with Crippen molar-refractivity contribution in [2.24, 2.45) is 5.92 Å². The van der Waals surface area contributed by atoms with Crippen molar-refractivity contribution in [1.29, 1.82) is 0 Å². The highest BCUT2D eigenvalue weighted by Crippen LogP contribution is 2.27. The number of hydrogen-bond donors (Lipinski definition) is 0. The zero-order valence-electron chi connectivity index (χ0n) is 16.3. The predicted octanol–water partition coefficient (Wildman–Crippen LogP) is 2.46. The normalized spacial score (nSPS) is 21.2. The van der Waals surface area contributed by atoms with Gasteiger partial charge in [-0.1, -0.05) is 26.0 Å². The van der Waals surface area contributed by atoms with Gasteiger partial charge in [0, 0.05) is 32.1 Å². The van der Waals surface area contributed by atoms with Gasteiger partial charge >= 0.3 is 0 Å². The fourth-order valence-corrected chi connectivity index (χ4v) is 5.21. The molecule has 0 saturated carbocycles. The summed E-state index contributed by atoms with van der Waals surface area (Å²) in [5, 5.41) is 0. The number of nitrogens with zero attached hydrogens (tertiary/aromatic N) is 2. The first-order valence-electron chi connectivity index (χ1n) is 9.90. The van der Waals surface area contributed by atoms with Crippen molar-refractivity contribution in [2.75, 3.05) is 39.4 Å². The van der Waals surface area contributed by atoms with Gasteiger partial charge in [0.25, 0.3) is 0 Å². The van der Waals surface area contributed by atoms with Crippen LogP contribution in [0.25, 0.3) is 0 Å². The molecule has 6 nitrogen and oxygen atoms in total. The summed E-state index contributed by atoms with van der Waals surface area (Å²) in [4.78, 5) is 14.8. The summed E-state index contributed by atoms with van der Waals surface area (Å²) < 4.78 is 32.7. The molecule has 2 fully saturated rings. The molecule has 1 unspecified atom stereocenters. The second-order valence-corrected chi connectivity index (χ2v) is 9.43. The van der Waals surface area contributed by atoms with Crippen LogP contribution in [0.15, 0.2) is 29.2 Å². The van der Waals surface area contributed by atoms with Gasteiger partial charge in [0.05, 0.1) is 18.1 Å². The Kier molecular flexibility index (Phi) is 6.55. The Balaban J connectivity index is 1.61. The minimum absolute atomic E-state index is 0.0812. The van der Waals surface area contributed by atoms with Gasteiger partial charge in [-0.25, -0.2) is 8.42 Å². The number of rotatable bonds is 5. The molecule has 0 radical (unpaired) electrons. The molecule has 0 N–H and O–H groups in total. The van der Waals surface area contributed by atoms with E-state index in [1.807, 2.05) is 17.0 Å². The van der Waals surface area contributed by atoms with Crippen LogP contribution in [0.4, 0.5) is 0 Å². The molecule has 0 aromatic heterocycles. The van der Waals surface area contributed by atoms with Gasteiger partial charge in [0.2, 0.25) is 15.9 Å². The van der Waals surface area contributed by atoms with E-state index in [0.29, 0.717) is 63.0 Å². The van der Waals surface area contributed by atoms with Crippen LogP contribution < -0.4 is 0 Å². The molecule has 2 heterocycles. The van der Waals surface area contributed by atoms with Crippen LogP contribution in [0.2, 0.25) is 0 Å². The van der Waals surface area contributed by atoms with E-state index < -0.39 is 10.0 Å². The van der Waals surface area contributed by atoms with Crippen LogP contribution in [-0.4, -0.2) is 62.9 Å². The fraction of sp³-hybridized carbons (Fsp3) is 0.650. The number of ether oxygens (including phenoxy) is 1. The van der Waals surface area contributed by atoms with E-state index in [0.717, 1.165) is 12.0 Å². The van der Waals surface area contributed by atoms with E-state index in [1.165, 1.54) is 4.31 Å². The maximum atomic E-state index is 12.9. The summed E-state index contributed by atoms with van der Waals surface area (Å²) in [6.07, 6.45) is 2.19. The molecular weight excluding hydrogens is 364 g/mol. The van der Waals surface area contributed by atoms with Crippen molar-refractivity contribution in [2.45, 2.75) is 43.9 Å². The summed E-state index contributed by atoms with van der Waals surface area (Å²) in [5.74, 6) is 0.485. The lowest BCUT2D eigenvalue weighted by atomic mass is 9.96. The standard InChI is InChI=1S/C20H30N2O4S/c1-3-16(2)17-4-6-19(7-5-17)27(24,25)22-10-8-18(9-11-22)20(23)21-12-14-26-15-13-21/h4-7,16,18H,3,8-15H2,1-2H3. The Hall–Kier alpha value is -1.44. The van der Waals surface area contributed by atoms with E-state index in [4.69, 9.17) is 4.74 Å². The Labute approximate surface area is 162 Å². The van der Waals surface area contributed by atoms with Crippen molar-refractivity contribution < 1.29 is 17.9 Å². The lowest BCUT2D eigenvalue weighted by Gasteiger charge is -2.35. The summed E-state index contributed by atoms with van der Waals surface area (Å²) >= 11 is 0.